The van der Waals surface area contributed by atoms with E-state index in [2.05, 4.69) is 21.4 Å². The van der Waals surface area contributed by atoms with E-state index in [1.165, 1.54) is 37.2 Å². The van der Waals surface area contributed by atoms with Crippen molar-refractivity contribution < 1.29 is 0 Å². The van der Waals surface area contributed by atoms with Crippen LogP contribution in [0.15, 0.2) is 0 Å². The Kier molecular flexibility index (Phi) is 3.94. The van der Waals surface area contributed by atoms with Crippen LogP contribution in [-0.4, -0.2) is 27.1 Å². The predicted octanol–water partition coefficient (Wildman–Crippen LogP) is 2.96. The monoisotopic (exact) mass is 245 g/mol. The first-order valence-electron chi connectivity index (χ1n) is 5.48. The molecule has 2 heterocycles. The number of hydrogen-bond donors (Lipinski definition) is 0. The minimum absolute atomic E-state index is 0.644. The predicted molar refractivity (Wildman–Crippen MR) is 63.3 cm³/mol. The number of nitrogens with zero attached hydrogens (tertiary/aromatic N) is 3. The molecule has 0 amide bonds. The van der Waals surface area contributed by atoms with Crippen LogP contribution < -0.4 is 0 Å². The van der Waals surface area contributed by atoms with Crippen LogP contribution in [0.3, 0.4) is 0 Å². The highest BCUT2D eigenvalue weighted by Crippen LogP contribution is 2.23. The second kappa shape index (κ2) is 5.23. The number of halogens is 1. The molecular weight excluding hydrogens is 230 g/mol. The second-order valence-electron chi connectivity index (χ2n) is 4.16. The van der Waals surface area contributed by atoms with Gasteiger partial charge >= 0.3 is 0 Å². The maximum Gasteiger partial charge on any atom is 0.138 e. The number of rotatable bonds is 2. The molecule has 0 aliphatic carbocycles. The lowest BCUT2D eigenvalue weighted by molar-refractivity contribution is 0.202. The Morgan fingerprint density at radius 2 is 2.33 bits per heavy atom. The molecular formula is C10H16ClN3S. The molecule has 3 nitrogen and oxygen atoms in total. The summed E-state index contributed by atoms with van der Waals surface area (Å²) in [6, 6.07) is 0.644. The van der Waals surface area contributed by atoms with Crippen molar-refractivity contribution in [2.45, 2.75) is 45.2 Å². The molecule has 1 atom stereocenters. The van der Waals surface area contributed by atoms with Gasteiger partial charge in [0, 0.05) is 24.1 Å². The maximum absolute atomic E-state index is 6.01. The zero-order valence-corrected chi connectivity index (χ0v) is 10.5. The molecule has 1 aromatic heterocycles. The van der Waals surface area contributed by atoms with Crippen molar-refractivity contribution in [2.75, 3.05) is 6.54 Å². The van der Waals surface area contributed by atoms with Crippen molar-refractivity contribution in [1.29, 1.82) is 0 Å². The fourth-order valence-corrected chi connectivity index (χ4v) is 2.66. The van der Waals surface area contributed by atoms with E-state index in [-0.39, 0.29) is 0 Å². The molecule has 0 aromatic carbocycles. The average Bonchev–Trinajstić information content (AvgIpc) is 2.50. The third kappa shape index (κ3) is 2.89. The summed E-state index contributed by atoms with van der Waals surface area (Å²) in [5, 5.41) is 4.07. The minimum Gasteiger partial charge on any atom is -0.295 e. The first kappa shape index (κ1) is 11.3. The Hall–Kier alpha value is -0.190. The van der Waals surface area contributed by atoms with Crippen LogP contribution in [0.25, 0.3) is 0 Å². The fourth-order valence-electron chi connectivity index (χ4n) is 2.05. The van der Waals surface area contributed by atoms with Crippen LogP contribution in [-0.2, 0) is 6.54 Å². The molecule has 2 rings (SSSR count). The highest BCUT2D eigenvalue weighted by molar-refractivity contribution is 7.10. The van der Waals surface area contributed by atoms with Crippen LogP contribution in [0.5, 0.6) is 0 Å². The van der Waals surface area contributed by atoms with Crippen molar-refractivity contribution in [3.05, 3.63) is 10.0 Å². The van der Waals surface area contributed by atoms with Crippen LogP contribution >= 0.6 is 23.1 Å². The molecule has 0 saturated carbocycles. The molecule has 0 radical (unpaired) electrons. The molecule has 1 unspecified atom stereocenters. The molecule has 1 saturated heterocycles. The van der Waals surface area contributed by atoms with Crippen LogP contribution in [0.1, 0.15) is 38.3 Å². The molecule has 0 bridgehead atoms. The van der Waals surface area contributed by atoms with E-state index < -0.39 is 0 Å². The van der Waals surface area contributed by atoms with Crippen molar-refractivity contribution in [1.82, 2.24) is 14.5 Å². The lowest BCUT2D eigenvalue weighted by Crippen LogP contribution is -2.32. The summed E-state index contributed by atoms with van der Waals surface area (Å²) in [5.41, 5.74) is 0.940. The Morgan fingerprint density at radius 3 is 3.07 bits per heavy atom. The average molecular weight is 246 g/mol. The van der Waals surface area contributed by atoms with E-state index in [4.69, 9.17) is 11.6 Å². The van der Waals surface area contributed by atoms with Gasteiger partial charge in [0.15, 0.2) is 0 Å². The van der Waals surface area contributed by atoms with Gasteiger partial charge in [-0.25, -0.2) is 0 Å². The zero-order chi connectivity index (χ0) is 10.7. The van der Waals surface area contributed by atoms with Crippen molar-refractivity contribution in [3.8, 4) is 0 Å². The molecule has 0 spiro atoms. The Labute approximate surface area is 99.6 Å². The first-order valence-corrected chi connectivity index (χ1v) is 6.63. The standard InChI is InChI=1S/C10H16ClN3S/c1-8-5-3-2-4-6-14(8)7-9-10(11)15-13-12-9/h8H,2-7H2,1H3. The third-order valence-electron chi connectivity index (χ3n) is 3.05. The third-order valence-corrected chi connectivity index (χ3v) is 4.04. The Morgan fingerprint density at radius 1 is 1.47 bits per heavy atom. The smallest absolute Gasteiger partial charge is 0.138 e. The molecule has 0 N–H and O–H groups in total. The molecule has 1 fully saturated rings. The van der Waals surface area contributed by atoms with Gasteiger partial charge in [-0.05, 0) is 26.3 Å². The van der Waals surface area contributed by atoms with Gasteiger partial charge < -0.3 is 0 Å². The maximum atomic E-state index is 6.01. The van der Waals surface area contributed by atoms with Crippen LogP contribution in [0.2, 0.25) is 4.34 Å². The lowest BCUT2D eigenvalue weighted by atomic mass is 10.1. The van der Waals surface area contributed by atoms with Crippen molar-refractivity contribution in [3.63, 3.8) is 0 Å². The SMILES string of the molecule is CC1CCCCCN1Cc1nnsc1Cl. The largest absolute Gasteiger partial charge is 0.295 e. The van der Waals surface area contributed by atoms with Crippen LogP contribution in [0.4, 0.5) is 0 Å². The van der Waals surface area contributed by atoms with Gasteiger partial charge in [0.1, 0.15) is 10.0 Å². The minimum atomic E-state index is 0.644. The number of aromatic nitrogens is 2. The van der Waals surface area contributed by atoms with Gasteiger partial charge in [-0.1, -0.05) is 28.9 Å². The molecule has 1 aliphatic heterocycles. The van der Waals surface area contributed by atoms with E-state index >= 15 is 0 Å². The van der Waals surface area contributed by atoms with Crippen LogP contribution in [0, 0.1) is 0 Å². The van der Waals surface area contributed by atoms with E-state index in [0.29, 0.717) is 6.04 Å². The summed E-state index contributed by atoms with van der Waals surface area (Å²) in [6.07, 6.45) is 5.28. The Balaban J connectivity index is 2.00. The summed E-state index contributed by atoms with van der Waals surface area (Å²) >= 11 is 7.29. The second-order valence-corrected chi connectivity index (χ2v) is 5.52. The highest BCUT2D eigenvalue weighted by Gasteiger charge is 2.19. The first-order chi connectivity index (χ1) is 7.27. The topological polar surface area (TPSA) is 29.0 Å². The summed E-state index contributed by atoms with van der Waals surface area (Å²) in [4.78, 5) is 2.47. The summed E-state index contributed by atoms with van der Waals surface area (Å²) in [6.45, 7) is 4.31. The van der Waals surface area contributed by atoms with Gasteiger partial charge in [0.05, 0.1) is 0 Å². The van der Waals surface area contributed by atoms with Gasteiger partial charge in [0.25, 0.3) is 0 Å². The summed E-state index contributed by atoms with van der Waals surface area (Å²) < 4.78 is 4.61. The molecule has 15 heavy (non-hydrogen) atoms. The lowest BCUT2D eigenvalue weighted by Gasteiger charge is -2.25. The molecule has 84 valence electrons. The fraction of sp³-hybridized carbons (Fsp3) is 0.800. The van der Waals surface area contributed by atoms with Crippen molar-refractivity contribution >= 4 is 23.1 Å². The zero-order valence-electron chi connectivity index (χ0n) is 8.95. The number of likely N-dealkylation sites (tertiary alicyclic amines) is 1. The van der Waals surface area contributed by atoms with E-state index in [1.807, 2.05) is 0 Å². The quantitative estimate of drug-likeness (QED) is 0.802. The molecule has 1 aliphatic rings. The highest BCUT2D eigenvalue weighted by atomic mass is 35.5. The van der Waals surface area contributed by atoms with Gasteiger partial charge in [-0.3, -0.25) is 4.90 Å². The van der Waals surface area contributed by atoms with Gasteiger partial charge in [-0.15, -0.1) is 5.10 Å². The normalized spacial score (nSPS) is 24.0. The van der Waals surface area contributed by atoms with Crippen molar-refractivity contribution in [2.24, 2.45) is 0 Å². The van der Waals surface area contributed by atoms with E-state index in [9.17, 15) is 0 Å². The van der Waals surface area contributed by atoms with Gasteiger partial charge in [-0.2, -0.15) is 0 Å². The summed E-state index contributed by atoms with van der Waals surface area (Å²) in [7, 11) is 0. The Bertz CT molecular complexity index is 315. The van der Waals surface area contributed by atoms with E-state index in [0.717, 1.165) is 23.1 Å². The molecule has 1 aromatic rings. The van der Waals surface area contributed by atoms with E-state index in [1.54, 1.807) is 0 Å². The molecule has 5 heteroatoms. The summed E-state index contributed by atoms with van der Waals surface area (Å²) in [5.74, 6) is 0. The van der Waals surface area contributed by atoms with Gasteiger partial charge in [0.2, 0.25) is 0 Å². The number of hydrogen-bond acceptors (Lipinski definition) is 4.